The third-order valence-corrected chi connectivity index (χ3v) is 4.14. The molecule has 0 saturated carbocycles. The van der Waals surface area contributed by atoms with E-state index in [2.05, 4.69) is 17.9 Å². The number of nitrogens with zero attached hydrogens (tertiary/aromatic N) is 1. The van der Waals surface area contributed by atoms with E-state index >= 15 is 0 Å². The van der Waals surface area contributed by atoms with Gasteiger partial charge in [0.15, 0.2) is 0 Å². The fraction of sp³-hybridized carbons (Fsp3) is 0.562. The first-order valence-corrected chi connectivity index (χ1v) is 7.37. The topological polar surface area (TPSA) is 62.3 Å². The van der Waals surface area contributed by atoms with Crippen molar-refractivity contribution in [3.8, 4) is 5.75 Å². The van der Waals surface area contributed by atoms with E-state index in [1.54, 1.807) is 7.11 Å². The number of hydrogen-bond donors (Lipinski definition) is 2. The Hall–Kier alpha value is -1.55. The van der Waals surface area contributed by atoms with E-state index in [1.165, 1.54) is 31.4 Å². The maximum Gasteiger partial charge on any atom is 0.129 e. The molecule has 4 heteroatoms. The van der Waals surface area contributed by atoms with Gasteiger partial charge in [-0.05, 0) is 43.0 Å². The zero-order valence-electron chi connectivity index (χ0n) is 12.5. The summed E-state index contributed by atoms with van der Waals surface area (Å²) in [5.74, 6) is 1.56. The number of hydrogen-bond acceptors (Lipinski definition) is 3. The summed E-state index contributed by atoms with van der Waals surface area (Å²) in [6, 6.07) is 5.96. The highest BCUT2D eigenvalue weighted by molar-refractivity contribution is 5.97. The van der Waals surface area contributed by atoms with Crippen molar-refractivity contribution in [3.63, 3.8) is 0 Å². The zero-order valence-corrected chi connectivity index (χ0v) is 12.5. The molecule has 0 bridgehead atoms. The summed E-state index contributed by atoms with van der Waals surface area (Å²) in [6.45, 7) is 5.55. The van der Waals surface area contributed by atoms with Crippen LogP contribution in [-0.4, -0.2) is 30.9 Å². The van der Waals surface area contributed by atoms with E-state index in [1.807, 2.05) is 12.1 Å². The summed E-state index contributed by atoms with van der Waals surface area (Å²) in [4.78, 5) is 2.50. The van der Waals surface area contributed by atoms with Crippen LogP contribution < -0.4 is 10.5 Å². The minimum atomic E-state index is 0.0637. The smallest absolute Gasteiger partial charge is 0.129 e. The van der Waals surface area contributed by atoms with Crippen LogP contribution in [0.25, 0.3) is 0 Å². The second-order valence-electron chi connectivity index (χ2n) is 5.60. The molecule has 3 N–H and O–H groups in total. The van der Waals surface area contributed by atoms with Gasteiger partial charge in [-0.15, -0.1) is 0 Å². The van der Waals surface area contributed by atoms with Crippen LogP contribution in [0.3, 0.4) is 0 Å². The number of nitrogen functional groups attached to an aromatic ring is 1. The molecule has 1 aliphatic rings. The number of amidine groups is 1. The van der Waals surface area contributed by atoms with E-state index in [-0.39, 0.29) is 5.84 Å². The molecule has 1 heterocycles. The van der Waals surface area contributed by atoms with E-state index in [9.17, 15) is 0 Å². The third-order valence-electron chi connectivity index (χ3n) is 4.14. The summed E-state index contributed by atoms with van der Waals surface area (Å²) in [5.41, 5.74) is 7.52. The van der Waals surface area contributed by atoms with Crippen molar-refractivity contribution in [1.82, 2.24) is 4.90 Å². The van der Waals surface area contributed by atoms with Crippen LogP contribution in [-0.2, 0) is 6.54 Å². The van der Waals surface area contributed by atoms with Crippen molar-refractivity contribution in [2.75, 3.05) is 20.2 Å². The largest absolute Gasteiger partial charge is 0.496 e. The first-order valence-electron chi connectivity index (χ1n) is 7.37. The molecule has 1 saturated heterocycles. The van der Waals surface area contributed by atoms with E-state index in [0.29, 0.717) is 11.3 Å². The van der Waals surface area contributed by atoms with Crippen LogP contribution >= 0.6 is 0 Å². The van der Waals surface area contributed by atoms with Crippen molar-refractivity contribution in [1.29, 1.82) is 5.41 Å². The Balaban J connectivity index is 2.09. The van der Waals surface area contributed by atoms with E-state index in [0.717, 1.165) is 19.0 Å². The maximum absolute atomic E-state index is 7.64. The van der Waals surface area contributed by atoms with Crippen LogP contribution in [0.15, 0.2) is 18.2 Å². The zero-order chi connectivity index (χ0) is 14.5. The molecule has 20 heavy (non-hydrogen) atoms. The molecular formula is C16H25N3O. The lowest BCUT2D eigenvalue weighted by Crippen LogP contribution is -2.34. The predicted molar refractivity (Wildman–Crippen MR) is 82.3 cm³/mol. The van der Waals surface area contributed by atoms with Gasteiger partial charge >= 0.3 is 0 Å². The van der Waals surface area contributed by atoms with Crippen LogP contribution in [0.2, 0.25) is 0 Å². The number of ether oxygens (including phenoxy) is 1. The Bertz CT molecular complexity index is 473. The van der Waals surface area contributed by atoms with Crippen LogP contribution in [0.5, 0.6) is 5.75 Å². The fourth-order valence-corrected chi connectivity index (χ4v) is 2.95. The molecule has 0 radical (unpaired) electrons. The average molecular weight is 275 g/mol. The van der Waals surface area contributed by atoms with Gasteiger partial charge in [-0.3, -0.25) is 10.3 Å². The molecular weight excluding hydrogens is 250 g/mol. The number of benzene rings is 1. The van der Waals surface area contributed by atoms with Crippen molar-refractivity contribution in [3.05, 3.63) is 29.3 Å². The van der Waals surface area contributed by atoms with Crippen molar-refractivity contribution in [2.24, 2.45) is 11.7 Å². The van der Waals surface area contributed by atoms with E-state index in [4.69, 9.17) is 15.9 Å². The summed E-state index contributed by atoms with van der Waals surface area (Å²) < 4.78 is 5.25. The van der Waals surface area contributed by atoms with Crippen molar-refractivity contribution < 1.29 is 4.74 Å². The molecule has 0 aromatic heterocycles. The second kappa shape index (κ2) is 6.75. The SMILES string of the molecule is CCC1CCCN(Cc2ccc(OC)c(C(=N)N)c2)C1. The van der Waals surface area contributed by atoms with Gasteiger partial charge in [0.1, 0.15) is 11.6 Å². The molecule has 1 aliphatic heterocycles. The molecule has 1 aromatic rings. The van der Waals surface area contributed by atoms with E-state index < -0.39 is 0 Å². The quantitative estimate of drug-likeness (QED) is 0.641. The predicted octanol–water partition coefficient (Wildman–Crippen LogP) is 2.60. The monoisotopic (exact) mass is 275 g/mol. The fourth-order valence-electron chi connectivity index (χ4n) is 2.95. The number of rotatable bonds is 5. The molecule has 1 fully saturated rings. The summed E-state index contributed by atoms with van der Waals surface area (Å²) in [7, 11) is 1.61. The third kappa shape index (κ3) is 3.51. The van der Waals surface area contributed by atoms with Gasteiger partial charge in [0.2, 0.25) is 0 Å². The summed E-state index contributed by atoms with van der Waals surface area (Å²) in [5, 5.41) is 7.64. The average Bonchev–Trinajstić information content (AvgIpc) is 2.47. The van der Waals surface area contributed by atoms with Gasteiger partial charge in [-0.2, -0.15) is 0 Å². The summed E-state index contributed by atoms with van der Waals surface area (Å²) in [6.07, 6.45) is 3.90. The Morgan fingerprint density at radius 1 is 1.50 bits per heavy atom. The number of piperidine rings is 1. The van der Waals surface area contributed by atoms with Gasteiger partial charge in [-0.25, -0.2) is 0 Å². The molecule has 1 atom stereocenters. The molecule has 1 aromatic carbocycles. The molecule has 0 aliphatic carbocycles. The summed E-state index contributed by atoms with van der Waals surface area (Å²) >= 11 is 0. The van der Waals surface area contributed by atoms with Gasteiger partial charge < -0.3 is 10.5 Å². The lowest BCUT2D eigenvalue weighted by molar-refractivity contribution is 0.164. The Morgan fingerprint density at radius 2 is 2.30 bits per heavy atom. The number of nitrogens with two attached hydrogens (primary N) is 1. The van der Waals surface area contributed by atoms with Gasteiger partial charge in [0, 0.05) is 13.1 Å². The molecule has 0 spiro atoms. The van der Waals surface area contributed by atoms with Crippen LogP contribution in [0.1, 0.15) is 37.3 Å². The highest BCUT2D eigenvalue weighted by atomic mass is 16.5. The molecule has 4 nitrogen and oxygen atoms in total. The highest BCUT2D eigenvalue weighted by Crippen LogP contribution is 2.23. The Labute approximate surface area is 121 Å². The lowest BCUT2D eigenvalue weighted by Gasteiger charge is -2.32. The van der Waals surface area contributed by atoms with Gasteiger partial charge in [0.25, 0.3) is 0 Å². The van der Waals surface area contributed by atoms with Crippen LogP contribution in [0.4, 0.5) is 0 Å². The number of nitrogens with one attached hydrogen (secondary N) is 1. The standard InChI is InChI=1S/C16H25N3O/c1-3-12-5-4-8-19(10-12)11-13-6-7-15(20-2)14(9-13)16(17)18/h6-7,9,12H,3-5,8,10-11H2,1-2H3,(H3,17,18). The normalized spacial score (nSPS) is 19.8. The minimum Gasteiger partial charge on any atom is -0.496 e. The van der Waals surface area contributed by atoms with Crippen molar-refractivity contribution >= 4 is 5.84 Å². The van der Waals surface area contributed by atoms with Crippen LogP contribution in [0, 0.1) is 11.3 Å². The molecule has 110 valence electrons. The molecule has 0 amide bonds. The van der Waals surface area contributed by atoms with Crippen molar-refractivity contribution in [2.45, 2.75) is 32.7 Å². The Morgan fingerprint density at radius 3 is 2.95 bits per heavy atom. The second-order valence-corrected chi connectivity index (χ2v) is 5.60. The molecule has 1 unspecified atom stereocenters. The first-order chi connectivity index (χ1) is 9.63. The highest BCUT2D eigenvalue weighted by Gasteiger charge is 2.19. The maximum atomic E-state index is 7.64. The Kier molecular flexibility index (Phi) is 5.01. The van der Waals surface area contributed by atoms with Gasteiger partial charge in [-0.1, -0.05) is 19.4 Å². The number of methoxy groups -OCH3 is 1. The molecule has 2 rings (SSSR count). The van der Waals surface area contributed by atoms with Gasteiger partial charge in [0.05, 0.1) is 12.7 Å². The number of likely N-dealkylation sites (tertiary alicyclic amines) is 1. The minimum absolute atomic E-state index is 0.0637. The lowest BCUT2D eigenvalue weighted by atomic mass is 9.95. The first kappa shape index (κ1) is 14.9.